The number of fused-ring (bicyclic) bond motifs is 1. The van der Waals surface area contributed by atoms with E-state index in [0.717, 1.165) is 22.0 Å². The monoisotopic (exact) mass is 361 g/mol. The molecular formula is C23H17F2NO. The molecule has 4 rings (SSSR count). The lowest BCUT2D eigenvalue weighted by Gasteiger charge is -2.22. The third-order valence-electron chi connectivity index (χ3n) is 4.78. The van der Waals surface area contributed by atoms with Gasteiger partial charge in [-0.05, 0) is 66.6 Å². The molecule has 0 N–H and O–H groups in total. The second-order valence-corrected chi connectivity index (χ2v) is 6.56. The standard InChI is InChI=1S/C23H17F2NO/c1-15(27)18-6-11-22-19(14-18)12-13-26(22)23(16-2-7-20(24)8-3-16)17-4-9-21(25)10-5-17/h2-14,23H,1H3. The summed E-state index contributed by atoms with van der Waals surface area (Å²) in [5, 5.41) is 0.942. The first-order valence-corrected chi connectivity index (χ1v) is 8.65. The van der Waals surface area contributed by atoms with E-state index < -0.39 is 0 Å². The van der Waals surface area contributed by atoms with Gasteiger partial charge in [0, 0.05) is 22.7 Å². The van der Waals surface area contributed by atoms with Crippen LogP contribution in [0.4, 0.5) is 8.78 Å². The van der Waals surface area contributed by atoms with Crippen molar-refractivity contribution in [1.82, 2.24) is 4.57 Å². The van der Waals surface area contributed by atoms with Gasteiger partial charge in [0.25, 0.3) is 0 Å². The Morgan fingerprint density at radius 3 is 1.89 bits per heavy atom. The summed E-state index contributed by atoms with van der Waals surface area (Å²) in [5.74, 6) is -0.599. The Morgan fingerprint density at radius 1 is 0.815 bits per heavy atom. The van der Waals surface area contributed by atoms with Gasteiger partial charge in [-0.3, -0.25) is 4.79 Å². The second-order valence-electron chi connectivity index (χ2n) is 6.56. The minimum absolute atomic E-state index is 0.0123. The largest absolute Gasteiger partial charge is 0.336 e. The van der Waals surface area contributed by atoms with Crippen LogP contribution in [0.25, 0.3) is 10.9 Å². The normalized spacial score (nSPS) is 11.3. The minimum Gasteiger partial charge on any atom is -0.336 e. The first-order valence-electron chi connectivity index (χ1n) is 8.65. The SMILES string of the molecule is CC(=O)c1ccc2c(ccn2C(c2ccc(F)cc2)c2ccc(F)cc2)c1. The summed E-state index contributed by atoms with van der Waals surface area (Å²) in [6, 6.07) is 19.9. The third-order valence-corrected chi connectivity index (χ3v) is 4.78. The molecule has 0 unspecified atom stereocenters. The lowest BCUT2D eigenvalue weighted by Crippen LogP contribution is -2.11. The number of benzene rings is 3. The number of Topliss-reactive ketones (excluding diaryl/α,β-unsaturated/α-hetero) is 1. The van der Waals surface area contributed by atoms with Gasteiger partial charge in [-0.2, -0.15) is 0 Å². The quantitative estimate of drug-likeness (QED) is 0.424. The van der Waals surface area contributed by atoms with Gasteiger partial charge in [0.2, 0.25) is 0 Å². The van der Waals surface area contributed by atoms with Crippen molar-refractivity contribution in [3.05, 3.63) is 107 Å². The molecule has 2 nitrogen and oxygen atoms in total. The van der Waals surface area contributed by atoms with Crippen molar-refractivity contribution in [3.63, 3.8) is 0 Å². The predicted octanol–water partition coefficient (Wildman–Crippen LogP) is 5.76. The van der Waals surface area contributed by atoms with Crippen molar-refractivity contribution in [3.8, 4) is 0 Å². The topological polar surface area (TPSA) is 22.0 Å². The summed E-state index contributed by atoms with van der Waals surface area (Å²) >= 11 is 0. The van der Waals surface area contributed by atoms with E-state index in [0.29, 0.717) is 5.56 Å². The van der Waals surface area contributed by atoms with Crippen molar-refractivity contribution >= 4 is 16.7 Å². The fraction of sp³-hybridized carbons (Fsp3) is 0.0870. The number of nitrogens with zero attached hydrogens (tertiary/aromatic N) is 1. The highest BCUT2D eigenvalue weighted by Gasteiger charge is 2.18. The van der Waals surface area contributed by atoms with Crippen molar-refractivity contribution < 1.29 is 13.6 Å². The Bertz CT molecular complexity index is 1070. The zero-order valence-electron chi connectivity index (χ0n) is 14.7. The van der Waals surface area contributed by atoms with Crippen LogP contribution < -0.4 is 0 Å². The van der Waals surface area contributed by atoms with Crippen LogP contribution in [-0.4, -0.2) is 10.4 Å². The van der Waals surface area contributed by atoms with E-state index in [1.807, 2.05) is 24.4 Å². The lowest BCUT2D eigenvalue weighted by atomic mass is 9.98. The molecule has 0 amide bonds. The van der Waals surface area contributed by atoms with Gasteiger partial charge < -0.3 is 4.57 Å². The molecule has 0 aliphatic heterocycles. The zero-order chi connectivity index (χ0) is 19.0. The smallest absolute Gasteiger partial charge is 0.159 e. The van der Waals surface area contributed by atoms with Gasteiger partial charge in [0.1, 0.15) is 11.6 Å². The molecule has 0 aliphatic carbocycles. The maximum absolute atomic E-state index is 13.4. The second kappa shape index (κ2) is 6.80. The van der Waals surface area contributed by atoms with Gasteiger partial charge in [-0.1, -0.05) is 24.3 Å². The van der Waals surface area contributed by atoms with Crippen LogP contribution >= 0.6 is 0 Å². The molecule has 0 bridgehead atoms. The fourth-order valence-electron chi connectivity index (χ4n) is 3.41. The van der Waals surface area contributed by atoms with Gasteiger partial charge in [0.15, 0.2) is 5.78 Å². The molecule has 4 aromatic rings. The summed E-state index contributed by atoms with van der Waals surface area (Å²) in [6.45, 7) is 1.54. The van der Waals surface area contributed by atoms with Crippen LogP contribution in [0.3, 0.4) is 0 Å². The predicted molar refractivity (Wildman–Crippen MR) is 102 cm³/mol. The van der Waals surface area contributed by atoms with E-state index in [4.69, 9.17) is 0 Å². The van der Waals surface area contributed by atoms with Crippen molar-refractivity contribution in [1.29, 1.82) is 0 Å². The molecule has 0 fully saturated rings. The summed E-state index contributed by atoms with van der Waals surface area (Å²) in [6.07, 6.45) is 1.94. The molecule has 134 valence electrons. The summed E-state index contributed by atoms with van der Waals surface area (Å²) < 4.78 is 28.9. The Balaban J connectivity index is 1.90. The molecular weight excluding hydrogens is 344 g/mol. The Morgan fingerprint density at radius 2 is 1.37 bits per heavy atom. The summed E-state index contributed by atoms with van der Waals surface area (Å²) in [5.41, 5.74) is 3.37. The Labute approximate surface area is 155 Å². The minimum atomic E-state index is -0.305. The third kappa shape index (κ3) is 3.26. The number of hydrogen-bond acceptors (Lipinski definition) is 1. The molecule has 4 heteroatoms. The van der Waals surface area contributed by atoms with E-state index in [9.17, 15) is 13.6 Å². The van der Waals surface area contributed by atoms with Gasteiger partial charge in [-0.25, -0.2) is 8.78 Å². The first-order chi connectivity index (χ1) is 13.0. The molecule has 1 aromatic heterocycles. The Kier molecular flexibility index (Phi) is 4.32. The fourth-order valence-corrected chi connectivity index (χ4v) is 3.41. The van der Waals surface area contributed by atoms with Crippen LogP contribution in [0, 0.1) is 11.6 Å². The average molecular weight is 361 g/mol. The maximum atomic E-state index is 13.4. The molecule has 0 spiro atoms. The van der Waals surface area contributed by atoms with E-state index in [2.05, 4.69) is 4.57 Å². The van der Waals surface area contributed by atoms with Crippen molar-refractivity contribution in [2.45, 2.75) is 13.0 Å². The molecule has 0 aliphatic rings. The van der Waals surface area contributed by atoms with Crippen LogP contribution in [-0.2, 0) is 0 Å². The van der Waals surface area contributed by atoms with Gasteiger partial charge in [-0.15, -0.1) is 0 Å². The molecule has 0 saturated carbocycles. The molecule has 0 saturated heterocycles. The molecule has 3 aromatic carbocycles. The maximum Gasteiger partial charge on any atom is 0.159 e. The number of ketones is 1. The summed E-state index contributed by atoms with van der Waals surface area (Å²) in [7, 11) is 0. The highest BCUT2D eigenvalue weighted by Crippen LogP contribution is 2.31. The molecule has 0 atom stereocenters. The number of rotatable bonds is 4. The van der Waals surface area contributed by atoms with Crippen molar-refractivity contribution in [2.24, 2.45) is 0 Å². The highest BCUT2D eigenvalue weighted by atomic mass is 19.1. The average Bonchev–Trinajstić information content (AvgIpc) is 3.08. The first kappa shape index (κ1) is 17.2. The highest BCUT2D eigenvalue weighted by molar-refractivity contribution is 5.98. The van der Waals surface area contributed by atoms with E-state index >= 15 is 0 Å². The van der Waals surface area contributed by atoms with E-state index in [1.165, 1.54) is 31.2 Å². The summed E-state index contributed by atoms with van der Waals surface area (Å²) in [4.78, 5) is 11.7. The zero-order valence-corrected chi connectivity index (χ0v) is 14.7. The lowest BCUT2D eigenvalue weighted by molar-refractivity contribution is 0.101. The number of hydrogen-bond donors (Lipinski definition) is 0. The van der Waals surface area contributed by atoms with Gasteiger partial charge in [0.05, 0.1) is 6.04 Å². The van der Waals surface area contributed by atoms with Gasteiger partial charge >= 0.3 is 0 Å². The van der Waals surface area contributed by atoms with Crippen LogP contribution in [0.2, 0.25) is 0 Å². The van der Waals surface area contributed by atoms with Crippen LogP contribution in [0.1, 0.15) is 34.5 Å². The van der Waals surface area contributed by atoms with E-state index in [1.54, 1.807) is 30.3 Å². The van der Waals surface area contributed by atoms with E-state index in [-0.39, 0.29) is 23.5 Å². The number of halogens is 2. The Hall–Kier alpha value is -3.27. The van der Waals surface area contributed by atoms with Crippen molar-refractivity contribution in [2.75, 3.05) is 0 Å². The van der Waals surface area contributed by atoms with Crippen LogP contribution in [0.5, 0.6) is 0 Å². The molecule has 1 heterocycles. The molecule has 0 radical (unpaired) electrons. The molecule has 27 heavy (non-hydrogen) atoms. The number of carbonyl (C=O) groups excluding carboxylic acids is 1. The number of aromatic nitrogens is 1. The van der Waals surface area contributed by atoms with Crippen LogP contribution in [0.15, 0.2) is 79.0 Å². The number of carbonyl (C=O) groups is 1.